The fourth-order valence-electron chi connectivity index (χ4n) is 7.16. The number of methoxy groups -OCH3 is 2. The van der Waals surface area contributed by atoms with E-state index in [0.29, 0.717) is 18.4 Å². The molecule has 1 N–H and O–H groups in total. The second kappa shape index (κ2) is 6.53. The third kappa shape index (κ3) is 2.39. The van der Waals surface area contributed by atoms with Crippen molar-refractivity contribution in [3.8, 4) is 5.75 Å². The highest BCUT2D eigenvalue weighted by molar-refractivity contribution is 5.40. The van der Waals surface area contributed by atoms with Gasteiger partial charge in [-0.15, -0.1) is 0 Å². The van der Waals surface area contributed by atoms with E-state index in [4.69, 9.17) is 9.47 Å². The molecule has 0 aliphatic heterocycles. The molecule has 0 amide bonds. The van der Waals surface area contributed by atoms with Gasteiger partial charge in [0.05, 0.1) is 19.8 Å². The first kappa shape index (κ1) is 18.3. The summed E-state index contributed by atoms with van der Waals surface area (Å²) >= 11 is 0. The molecule has 3 aliphatic rings. The second-order valence-electron chi connectivity index (χ2n) is 9.24. The molecule has 1 aromatic rings. The molecule has 0 heterocycles. The largest absolute Gasteiger partial charge is 0.497 e. The van der Waals surface area contributed by atoms with E-state index in [9.17, 15) is 5.11 Å². The zero-order valence-corrected chi connectivity index (χ0v) is 16.8. The van der Waals surface area contributed by atoms with Crippen LogP contribution in [0.4, 0.5) is 0 Å². The van der Waals surface area contributed by atoms with Crippen LogP contribution in [0, 0.1) is 22.7 Å². The maximum atomic E-state index is 10.8. The summed E-state index contributed by atoms with van der Waals surface area (Å²) in [5.41, 5.74) is 3.15. The van der Waals surface area contributed by atoms with Gasteiger partial charge in [-0.3, -0.25) is 0 Å². The van der Waals surface area contributed by atoms with Crippen LogP contribution in [0.3, 0.4) is 0 Å². The van der Waals surface area contributed by atoms with Gasteiger partial charge in [0.2, 0.25) is 0 Å². The van der Waals surface area contributed by atoms with E-state index in [0.717, 1.165) is 24.5 Å². The SMILES string of the molecule is COC[C@]1(C(C)O)CC[C@H]2[C@@H]3CCc4cc(OC)ccc4[C@H]3CC[C@@]21C. The van der Waals surface area contributed by atoms with Crippen LogP contribution < -0.4 is 4.74 Å². The molecule has 0 radical (unpaired) electrons. The molecule has 0 bridgehead atoms. The van der Waals surface area contributed by atoms with Crippen LogP contribution in [0.5, 0.6) is 5.75 Å². The monoisotopic (exact) mass is 358 g/mol. The van der Waals surface area contributed by atoms with Crippen LogP contribution in [0.1, 0.15) is 63.0 Å². The zero-order chi connectivity index (χ0) is 18.5. The van der Waals surface area contributed by atoms with Gasteiger partial charge in [0.15, 0.2) is 0 Å². The van der Waals surface area contributed by atoms with Gasteiger partial charge >= 0.3 is 0 Å². The van der Waals surface area contributed by atoms with Crippen molar-refractivity contribution >= 4 is 0 Å². The Labute approximate surface area is 158 Å². The van der Waals surface area contributed by atoms with Crippen molar-refractivity contribution in [1.29, 1.82) is 0 Å². The van der Waals surface area contributed by atoms with Crippen molar-refractivity contribution in [2.45, 2.75) is 64.4 Å². The smallest absolute Gasteiger partial charge is 0.119 e. The molecule has 144 valence electrons. The molecule has 4 rings (SSSR count). The van der Waals surface area contributed by atoms with Crippen LogP contribution in [0.2, 0.25) is 0 Å². The van der Waals surface area contributed by atoms with Crippen molar-refractivity contribution in [3.63, 3.8) is 0 Å². The van der Waals surface area contributed by atoms with Crippen LogP contribution in [-0.2, 0) is 11.2 Å². The normalized spacial score (nSPS) is 39.7. The van der Waals surface area contributed by atoms with Gasteiger partial charge in [0.1, 0.15) is 5.75 Å². The summed E-state index contributed by atoms with van der Waals surface area (Å²) in [5.74, 6) is 3.10. The van der Waals surface area contributed by atoms with E-state index in [-0.39, 0.29) is 16.9 Å². The molecule has 6 atom stereocenters. The molecule has 2 saturated carbocycles. The summed E-state index contributed by atoms with van der Waals surface area (Å²) in [4.78, 5) is 0. The van der Waals surface area contributed by atoms with Crippen LogP contribution >= 0.6 is 0 Å². The number of benzene rings is 1. The number of rotatable bonds is 4. The highest BCUT2D eigenvalue weighted by Gasteiger charge is 2.63. The van der Waals surface area contributed by atoms with Gasteiger partial charge in [-0.05, 0) is 91.9 Å². The van der Waals surface area contributed by atoms with Gasteiger partial charge in [-0.1, -0.05) is 13.0 Å². The van der Waals surface area contributed by atoms with Gasteiger partial charge in [-0.2, -0.15) is 0 Å². The fourth-order valence-corrected chi connectivity index (χ4v) is 7.16. The first-order chi connectivity index (χ1) is 12.5. The van der Waals surface area contributed by atoms with E-state index in [1.807, 2.05) is 6.92 Å². The van der Waals surface area contributed by atoms with Gasteiger partial charge in [0, 0.05) is 12.5 Å². The zero-order valence-electron chi connectivity index (χ0n) is 16.8. The van der Waals surface area contributed by atoms with E-state index in [1.54, 1.807) is 19.8 Å². The highest BCUT2D eigenvalue weighted by Crippen LogP contribution is 2.68. The Hall–Kier alpha value is -1.06. The molecule has 3 heteroatoms. The average Bonchev–Trinajstić information content (AvgIpc) is 2.95. The predicted octanol–water partition coefficient (Wildman–Crippen LogP) is 4.56. The number of ether oxygens (including phenoxy) is 2. The minimum atomic E-state index is -0.311. The minimum absolute atomic E-state index is 0.0857. The molecular formula is C23H34O3. The average molecular weight is 359 g/mol. The molecule has 1 unspecified atom stereocenters. The summed E-state index contributed by atoms with van der Waals surface area (Å²) in [6, 6.07) is 6.70. The molecular weight excluding hydrogens is 324 g/mol. The van der Waals surface area contributed by atoms with Gasteiger partial charge < -0.3 is 14.6 Å². The van der Waals surface area contributed by atoms with E-state index < -0.39 is 0 Å². The summed E-state index contributed by atoms with van der Waals surface area (Å²) in [6.07, 6.45) is 6.87. The standard InChI is InChI=1S/C23H34O3/c1-15(24)23(14-25-3)12-10-21-20-7-5-16-13-17(26-4)6-8-18(16)19(20)9-11-22(21,23)2/h6,8,13,15,19-21,24H,5,7,9-12,14H2,1-4H3/t15?,19-,20-,21+,22+,23+/m1/s1. The van der Waals surface area contributed by atoms with Gasteiger partial charge in [0.25, 0.3) is 0 Å². The second-order valence-corrected chi connectivity index (χ2v) is 9.24. The van der Waals surface area contributed by atoms with Crippen LogP contribution in [0.25, 0.3) is 0 Å². The first-order valence-electron chi connectivity index (χ1n) is 10.3. The highest BCUT2D eigenvalue weighted by atomic mass is 16.5. The molecule has 2 fully saturated rings. The summed E-state index contributed by atoms with van der Waals surface area (Å²) < 4.78 is 11.1. The number of aryl methyl sites for hydroxylation is 1. The number of aliphatic hydroxyl groups is 1. The van der Waals surface area contributed by atoms with Crippen molar-refractivity contribution in [1.82, 2.24) is 0 Å². The third-order valence-corrected chi connectivity index (χ3v) is 8.56. The lowest BCUT2D eigenvalue weighted by Crippen LogP contribution is -2.53. The van der Waals surface area contributed by atoms with E-state index >= 15 is 0 Å². The van der Waals surface area contributed by atoms with E-state index in [2.05, 4.69) is 25.1 Å². The molecule has 0 aromatic heterocycles. The maximum absolute atomic E-state index is 10.8. The third-order valence-electron chi connectivity index (χ3n) is 8.56. The lowest BCUT2D eigenvalue weighted by atomic mass is 9.50. The molecule has 26 heavy (non-hydrogen) atoms. The molecule has 0 spiro atoms. The topological polar surface area (TPSA) is 38.7 Å². The Bertz CT molecular complexity index is 669. The Morgan fingerprint density at radius 1 is 1.19 bits per heavy atom. The quantitative estimate of drug-likeness (QED) is 0.857. The minimum Gasteiger partial charge on any atom is -0.497 e. The first-order valence-corrected chi connectivity index (χ1v) is 10.3. The Kier molecular flexibility index (Phi) is 4.60. The van der Waals surface area contributed by atoms with Crippen molar-refractivity contribution in [3.05, 3.63) is 29.3 Å². The molecule has 3 aliphatic carbocycles. The molecule has 1 aromatic carbocycles. The Balaban J connectivity index is 1.67. The van der Waals surface area contributed by atoms with Gasteiger partial charge in [-0.25, -0.2) is 0 Å². The van der Waals surface area contributed by atoms with Crippen LogP contribution in [0.15, 0.2) is 18.2 Å². The molecule has 0 saturated heterocycles. The van der Waals surface area contributed by atoms with Crippen molar-refractivity contribution in [2.24, 2.45) is 22.7 Å². The van der Waals surface area contributed by atoms with Crippen molar-refractivity contribution < 1.29 is 14.6 Å². The summed E-state index contributed by atoms with van der Waals surface area (Å²) in [7, 11) is 3.54. The Morgan fingerprint density at radius 3 is 2.69 bits per heavy atom. The summed E-state index contributed by atoms with van der Waals surface area (Å²) in [5, 5.41) is 10.8. The van der Waals surface area contributed by atoms with Crippen LogP contribution in [-0.4, -0.2) is 32.0 Å². The number of hydrogen-bond donors (Lipinski definition) is 1. The Morgan fingerprint density at radius 2 is 2.00 bits per heavy atom. The number of fused-ring (bicyclic) bond motifs is 5. The summed E-state index contributed by atoms with van der Waals surface area (Å²) in [6.45, 7) is 5.13. The maximum Gasteiger partial charge on any atom is 0.119 e. The lowest BCUT2D eigenvalue weighted by Gasteiger charge is -2.56. The van der Waals surface area contributed by atoms with Crippen molar-refractivity contribution in [2.75, 3.05) is 20.8 Å². The predicted molar refractivity (Wildman–Crippen MR) is 104 cm³/mol. The number of aliphatic hydroxyl groups excluding tert-OH is 1. The number of hydrogen-bond acceptors (Lipinski definition) is 3. The fraction of sp³-hybridized carbons (Fsp3) is 0.739. The molecule has 3 nitrogen and oxygen atoms in total. The lowest BCUT2D eigenvalue weighted by molar-refractivity contribution is -0.123. The van der Waals surface area contributed by atoms with E-state index in [1.165, 1.54) is 31.2 Å².